The second kappa shape index (κ2) is 5.69. The summed E-state index contributed by atoms with van der Waals surface area (Å²) in [5.74, 6) is 0.156. The molecule has 2 aromatic heterocycles. The minimum absolute atomic E-state index is 0.336. The standard InChI is InChI=1S/C17H13FN6/c1-11-6-8-12(9-7-11)24-17(21-22-23-24)14-10-19-20-16(14)13-4-2-3-5-15(13)18/h2-10H,1H3,(H,19,20). The lowest BCUT2D eigenvalue weighted by molar-refractivity contribution is 0.630. The van der Waals surface area contributed by atoms with Crippen molar-refractivity contribution in [1.82, 2.24) is 30.4 Å². The molecule has 0 aliphatic carbocycles. The van der Waals surface area contributed by atoms with E-state index < -0.39 is 0 Å². The Morgan fingerprint density at radius 1 is 1.00 bits per heavy atom. The molecule has 2 heterocycles. The zero-order valence-electron chi connectivity index (χ0n) is 12.8. The predicted molar refractivity (Wildman–Crippen MR) is 86.9 cm³/mol. The number of nitrogens with zero attached hydrogens (tertiary/aromatic N) is 5. The third-order valence-corrected chi connectivity index (χ3v) is 3.77. The van der Waals surface area contributed by atoms with Crippen LogP contribution in [0.1, 0.15) is 5.56 Å². The van der Waals surface area contributed by atoms with E-state index in [2.05, 4.69) is 25.7 Å². The fraction of sp³-hybridized carbons (Fsp3) is 0.0588. The monoisotopic (exact) mass is 320 g/mol. The Kier molecular flexibility index (Phi) is 3.38. The molecule has 0 bridgehead atoms. The van der Waals surface area contributed by atoms with Crippen LogP contribution in [0.4, 0.5) is 4.39 Å². The van der Waals surface area contributed by atoms with Crippen molar-refractivity contribution in [3.05, 3.63) is 66.1 Å². The maximum absolute atomic E-state index is 14.1. The minimum Gasteiger partial charge on any atom is -0.277 e. The fourth-order valence-electron chi connectivity index (χ4n) is 2.54. The number of hydrogen-bond donors (Lipinski definition) is 1. The number of aromatic amines is 1. The zero-order chi connectivity index (χ0) is 16.5. The Balaban J connectivity index is 1.85. The molecule has 24 heavy (non-hydrogen) atoms. The van der Waals surface area contributed by atoms with Crippen LogP contribution in [0.5, 0.6) is 0 Å². The van der Waals surface area contributed by atoms with Gasteiger partial charge in [0.1, 0.15) is 5.82 Å². The number of rotatable bonds is 3. The lowest BCUT2D eigenvalue weighted by Crippen LogP contribution is -2.00. The van der Waals surface area contributed by atoms with Crippen molar-refractivity contribution >= 4 is 0 Å². The van der Waals surface area contributed by atoms with Crippen LogP contribution >= 0.6 is 0 Å². The van der Waals surface area contributed by atoms with Crippen molar-refractivity contribution in [1.29, 1.82) is 0 Å². The first kappa shape index (κ1) is 14.3. The molecule has 0 radical (unpaired) electrons. The smallest absolute Gasteiger partial charge is 0.190 e. The van der Waals surface area contributed by atoms with Crippen molar-refractivity contribution < 1.29 is 4.39 Å². The highest BCUT2D eigenvalue weighted by atomic mass is 19.1. The topological polar surface area (TPSA) is 72.3 Å². The first-order chi connectivity index (χ1) is 11.7. The molecule has 118 valence electrons. The lowest BCUT2D eigenvalue weighted by atomic mass is 10.1. The first-order valence-corrected chi connectivity index (χ1v) is 7.38. The summed E-state index contributed by atoms with van der Waals surface area (Å²) in [7, 11) is 0. The van der Waals surface area contributed by atoms with Gasteiger partial charge in [-0.1, -0.05) is 29.8 Å². The Morgan fingerprint density at radius 3 is 2.58 bits per heavy atom. The van der Waals surface area contributed by atoms with E-state index in [9.17, 15) is 4.39 Å². The highest BCUT2D eigenvalue weighted by molar-refractivity contribution is 5.77. The lowest BCUT2D eigenvalue weighted by Gasteiger charge is -2.06. The SMILES string of the molecule is Cc1ccc(-n2nnnc2-c2cn[nH]c2-c2ccccc2F)cc1. The van der Waals surface area contributed by atoms with Crippen LogP contribution in [0, 0.1) is 12.7 Å². The Hall–Kier alpha value is -3.35. The molecule has 0 aliphatic heterocycles. The number of aryl methyl sites for hydroxylation is 1. The van der Waals surface area contributed by atoms with E-state index >= 15 is 0 Å². The molecule has 0 fully saturated rings. The Morgan fingerprint density at radius 2 is 1.79 bits per heavy atom. The van der Waals surface area contributed by atoms with E-state index in [0.717, 1.165) is 11.3 Å². The van der Waals surface area contributed by atoms with Crippen LogP contribution < -0.4 is 0 Å². The molecular weight excluding hydrogens is 307 g/mol. The molecule has 2 aromatic carbocycles. The largest absolute Gasteiger partial charge is 0.277 e. The summed E-state index contributed by atoms with van der Waals surface area (Å²) in [6.45, 7) is 2.01. The molecule has 4 rings (SSSR count). The average molecular weight is 320 g/mol. The molecule has 0 unspecified atom stereocenters. The van der Waals surface area contributed by atoms with Gasteiger partial charge >= 0.3 is 0 Å². The fourth-order valence-corrected chi connectivity index (χ4v) is 2.54. The number of H-pyrrole nitrogens is 1. The third kappa shape index (κ3) is 2.36. The molecular formula is C17H13FN6. The molecule has 0 saturated carbocycles. The van der Waals surface area contributed by atoms with Gasteiger partial charge in [-0.3, -0.25) is 5.10 Å². The van der Waals surface area contributed by atoms with E-state index in [1.807, 2.05) is 31.2 Å². The van der Waals surface area contributed by atoms with Gasteiger partial charge < -0.3 is 0 Å². The van der Waals surface area contributed by atoms with Gasteiger partial charge in [-0.15, -0.1) is 5.10 Å². The quantitative estimate of drug-likeness (QED) is 0.629. The van der Waals surface area contributed by atoms with Gasteiger partial charge in [-0.2, -0.15) is 9.78 Å². The number of aromatic nitrogens is 6. The van der Waals surface area contributed by atoms with Gasteiger partial charge in [0, 0.05) is 5.56 Å². The van der Waals surface area contributed by atoms with Crippen molar-refractivity contribution in [3.63, 3.8) is 0 Å². The van der Waals surface area contributed by atoms with Gasteiger partial charge in [0.15, 0.2) is 5.82 Å². The van der Waals surface area contributed by atoms with Gasteiger partial charge in [-0.05, 0) is 41.6 Å². The average Bonchev–Trinajstić information content (AvgIpc) is 3.24. The van der Waals surface area contributed by atoms with E-state index in [1.165, 1.54) is 6.07 Å². The zero-order valence-corrected chi connectivity index (χ0v) is 12.8. The molecule has 0 saturated heterocycles. The molecule has 0 atom stereocenters. The van der Waals surface area contributed by atoms with Crippen molar-refractivity contribution in [2.75, 3.05) is 0 Å². The number of hydrogen-bond acceptors (Lipinski definition) is 4. The number of nitrogens with one attached hydrogen (secondary N) is 1. The van der Waals surface area contributed by atoms with Crippen molar-refractivity contribution in [2.24, 2.45) is 0 Å². The second-order valence-electron chi connectivity index (χ2n) is 5.39. The minimum atomic E-state index is -0.336. The number of benzene rings is 2. The maximum atomic E-state index is 14.1. The maximum Gasteiger partial charge on any atom is 0.190 e. The second-order valence-corrected chi connectivity index (χ2v) is 5.39. The predicted octanol–water partition coefficient (Wildman–Crippen LogP) is 3.17. The molecule has 0 spiro atoms. The summed E-state index contributed by atoms with van der Waals surface area (Å²) in [4.78, 5) is 0. The van der Waals surface area contributed by atoms with Crippen LogP contribution in [0.25, 0.3) is 28.3 Å². The summed E-state index contributed by atoms with van der Waals surface area (Å²) in [6, 6.07) is 14.3. The number of tetrazole rings is 1. The van der Waals surface area contributed by atoms with Gasteiger partial charge in [0.05, 0.1) is 23.1 Å². The number of halogens is 1. The molecule has 0 amide bonds. The Labute approximate surface area is 137 Å². The molecule has 6 nitrogen and oxygen atoms in total. The van der Waals surface area contributed by atoms with Crippen LogP contribution in [-0.2, 0) is 0 Å². The van der Waals surface area contributed by atoms with Crippen molar-refractivity contribution in [2.45, 2.75) is 6.92 Å². The van der Waals surface area contributed by atoms with Crippen LogP contribution in [-0.4, -0.2) is 30.4 Å². The highest BCUT2D eigenvalue weighted by Crippen LogP contribution is 2.31. The summed E-state index contributed by atoms with van der Waals surface area (Å²) in [5, 5.41) is 18.8. The van der Waals surface area contributed by atoms with Crippen LogP contribution in [0.15, 0.2) is 54.7 Å². The normalized spacial score (nSPS) is 10.9. The third-order valence-electron chi connectivity index (χ3n) is 3.77. The Bertz CT molecular complexity index is 986. The van der Waals surface area contributed by atoms with E-state index in [1.54, 1.807) is 29.1 Å². The van der Waals surface area contributed by atoms with Crippen LogP contribution in [0.3, 0.4) is 0 Å². The summed E-state index contributed by atoms with van der Waals surface area (Å²) >= 11 is 0. The van der Waals surface area contributed by atoms with Crippen LogP contribution in [0.2, 0.25) is 0 Å². The van der Waals surface area contributed by atoms with E-state index in [0.29, 0.717) is 22.6 Å². The van der Waals surface area contributed by atoms with E-state index in [4.69, 9.17) is 0 Å². The summed E-state index contributed by atoms with van der Waals surface area (Å²) in [6.07, 6.45) is 1.60. The van der Waals surface area contributed by atoms with Crippen molar-refractivity contribution in [3.8, 4) is 28.3 Å². The molecule has 7 heteroatoms. The summed E-state index contributed by atoms with van der Waals surface area (Å²) in [5.41, 5.74) is 3.55. The van der Waals surface area contributed by atoms with Gasteiger partial charge in [-0.25, -0.2) is 4.39 Å². The highest BCUT2D eigenvalue weighted by Gasteiger charge is 2.19. The van der Waals surface area contributed by atoms with Gasteiger partial charge in [0.2, 0.25) is 0 Å². The van der Waals surface area contributed by atoms with E-state index in [-0.39, 0.29) is 5.82 Å². The molecule has 4 aromatic rings. The molecule has 1 N–H and O–H groups in total. The van der Waals surface area contributed by atoms with Gasteiger partial charge in [0.25, 0.3) is 0 Å². The summed E-state index contributed by atoms with van der Waals surface area (Å²) < 4.78 is 15.7. The molecule has 0 aliphatic rings. The first-order valence-electron chi connectivity index (χ1n) is 7.38.